The van der Waals surface area contributed by atoms with E-state index in [9.17, 15) is 0 Å². The average molecular weight is 453 g/mol. The van der Waals surface area contributed by atoms with Crippen LogP contribution in [0, 0.1) is 27.5 Å². The third kappa shape index (κ3) is 2.97. The van der Waals surface area contributed by atoms with E-state index in [1.165, 1.54) is 0 Å². The van der Waals surface area contributed by atoms with Gasteiger partial charge in [0.1, 0.15) is 12.6 Å². The SMILES string of the molecule is [2H]C([2H])([2H])c1c[n+](C)c(-c2c(C)cc(C([2H])([2H])[2H])c3c2oc2c4ccccc4c(C([2H])([2H])[2H])nc23)cc1-c1ccccc1. The fourth-order valence-corrected chi connectivity index (χ4v) is 4.81. The largest absolute Gasteiger partial charge is 0.453 e. The van der Waals surface area contributed by atoms with Gasteiger partial charge in [0.15, 0.2) is 17.4 Å². The summed E-state index contributed by atoms with van der Waals surface area (Å²) in [5.41, 5.74) is 3.63. The molecule has 3 aromatic carbocycles. The molecule has 0 saturated heterocycles. The van der Waals surface area contributed by atoms with E-state index in [-0.39, 0.29) is 38.9 Å². The van der Waals surface area contributed by atoms with Gasteiger partial charge in [-0.3, -0.25) is 0 Å². The van der Waals surface area contributed by atoms with Crippen molar-refractivity contribution in [3.05, 3.63) is 95.3 Å². The van der Waals surface area contributed by atoms with Crippen LogP contribution in [0.2, 0.25) is 0 Å². The number of benzene rings is 3. The highest BCUT2D eigenvalue weighted by Crippen LogP contribution is 2.41. The predicted molar refractivity (Wildman–Crippen MR) is 140 cm³/mol. The Morgan fingerprint density at radius 3 is 2.35 bits per heavy atom. The summed E-state index contributed by atoms with van der Waals surface area (Å²) < 4.78 is 82.4. The molecule has 0 atom stereocenters. The molecule has 0 saturated carbocycles. The average Bonchev–Trinajstić information content (AvgIpc) is 3.30. The molecule has 3 nitrogen and oxygen atoms in total. The fraction of sp³-hybridized carbons (Fsp3) is 0.161. The maximum absolute atomic E-state index is 8.35. The quantitative estimate of drug-likeness (QED) is 0.254. The van der Waals surface area contributed by atoms with E-state index in [1.54, 1.807) is 61.1 Å². The zero-order valence-corrected chi connectivity index (χ0v) is 18.7. The third-order valence-electron chi connectivity index (χ3n) is 6.40. The van der Waals surface area contributed by atoms with Crippen LogP contribution in [0.3, 0.4) is 0 Å². The molecule has 6 rings (SSSR count). The topological polar surface area (TPSA) is 29.9 Å². The van der Waals surface area contributed by atoms with Crippen molar-refractivity contribution in [1.29, 1.82) is 0 Å². The molecule has 3 heteroatoms. The van der Waals surface area contributed by atoms with Gasteiger partial charge >= 0.3 is 0 Å². The van der Waals surface area contributed by atoms with Gasteiger partial charge in [0.05, 0.1) is 10.9 Å². The van der Waals surface area contributed by atoms with Crippen LogP contribution < -0.4 is 4.57 Å². The fourth-order valence-electron chi connectivity index (χ4n) is 4.81. The Balaban J connectivity index is 1.80. The van der Waals surface area contributed by atoms with E-state index in [0.29, 0.717) is 38.7 Å². The van der Waals surface area contributed by atoms with Gasteiger partial charge in [0.2, 0.25) is 5.69 Å². The van der Waals surface area contributed by atoms with Gasteiger partial charge in [0.25, 0.3) is 0 Å². The summed E-state index contributed by atoms with van der Waals surface area (Å²) >= 11 is 0. The lowest BCUT2D eigenvalue weighted by atomic mass is 9.94. The Hall–Kier alpha value is -3.98. The molecule has 3 aromatic heterocycles. The zero-order chi connectivity index (χ0) is 31.1. The summed E-state index contributed by atoms with van der Waals surface area (Å²) in [6, 6.07) is 19.4. The first-order valence-electron chi connectivity index (χ1n) is 15.5. The van der Waals surface area contributed by atoms with E-state index in [1.807, 2.05) is 30.3 Å². The number of pyridine rings is 2. The first-order valence-corrected chi connectivity index (χ1v) is 11.0. The summed E-state index contributed by atoms with van der Waals surface area (Å²) in [7, 11) is 1.73. The molecule has 0 fully saturated rings. The molecule has 0 spiro atoms. The molecule has 3 heterocycles. The van der Waals surface area contributed by atoms with Crippen LogP contribution in [0.15, 0.2) is 77.3 Å². The molecule has 6 aromatic rings. The van der Waals surface area contributed by atoms with Crippen LogP contribution in [0.4, 0.5) is 0 Å². The second-order valence-corrected chi connectivity index (χ2v) is 8.57. The predicted octanol–water partition coefficient (Wildman–Crippen LogP) is 7.53. The number of nitrogens with zero attached hydrogens (tertiary/aromatic N) is 2. The van der Waals surface area contributed by atoms with Crippen molar-refractivity contribution in [2.24, 2.45) is 7.05 Å². The Bertz CT molecular complexity index is 2060. The number of aromatic nitrogens is 2. The maximum Gasteiger partial charge on any atom is 0.216 e. The van der Waals surface area contributed by atoms with Crippen molar-refractivity contribution in [1.82, 2.24) is 4.98 Å². The monoisotopic (exact) mass is 452 g/mol. The number of furan rings is 1. The van der Waals surface area contributed by atoms with E-state index in [4.69, 9.17) is 16.8 Å². The minimum absolute atomic E-state index is 0.00757. The van der Waals surface area contributed by atoms with Gasteiger partial charge in [-0.2, -0.15) is 0 Å². The molecule has 166 valence electrons. The zero-order valence-electron chi connectivity index (χ0n) is 27.7. The van der Waals surface area contributed by atoms with Crippen molar-refractivity contribution < 1.29 is 21.3 Å². The van der Waals surface area contributed by atoms with Crippen LogP contribution in [-0.4, -0.2) is 4.98 Å². The minimum Gasteiger partial charge on any atom is -0.453 e. The molecule has 0 radical (unpaired) electrons. The Morgan fingerprint density at radius 1 is 0.824 bits per heavy atom. The molecule has 0 unspecified atom stereocenters. The molecule has 0 aliphatic heterocycles. The van der Waals surface area contributed by atoms with E-state index < -0.39 is 20.6 Å². The van der Waals surface area contributed by atoms with Crippen molar-refractivity contribution in [2.75, 3.05) is 0 Å². The lowest BCUT2D eigenvalue weighted by Gasteiger charge is -2.11. The molecule has 0 bridgehead atoms. The van der Waals surface area contributed by atoms with Crippen molar-refractivity contribution >= 4 is 32.8 Å². The Morgan fingerprint density at radius 2 is 1.59 bits per heavy atom. The van der Waals surface area contributed by atoms with Gasteiger partial charge < -0.3 is 4.42 Å². The molecule has 0 aliphatic rings. The van der Waals surface area contributed by atoms with E-state index in [0.717, 1.165) is 0 Å². The van der Waals surface area contributed by atoms with Crippen molar-refractivity contribution in [3.8, 4) is 22.4 Å². The van der Waals surface area contributed by atoms with Crippen LogP contribution in [-0.2, 0) is 7.05 Å². The number of fused-ring (bicyclic) bond motifs is 5. The molecule has 0 N–H and O–H groups in total. The molecule has 0 amide bonds. The van der Waals surface area contributed by atoms with Crippen LogP contribution in [0.1, 0.15) is 34.7 Å². The van der Waals surface area contributed by atoms with Crippen molar-refractivity contribution in [3.63, 3.8) is 0 Å². The van der Waals surface area contributed by atoms with Gasteiger partial charge in [0, 0.05) is 40.4 Å². The van der Waals surface area contributed by atoms with Gasteiger partial charge in [-0.15, -0.1) is 0 Å². The van der Waals surface area contributed by atoms with Gasteiger partial charge in [-0.1, -0.05) is 60.7 Å². The standard InChI is InChI=1S/C31H27N2O/c1-18-15-19(2)28-29-30(24-14-10-9-13-23(24)21(4)32-29)34-31(28)27(18)26-16-25(20(3)17-33(26)5)22-11-7-6-8-12-22/h6-17H,1-5H3/q+1/i2D3,3D3,4D3. The van der Waals surface area contributed by atoms with E-state index in [2.05, 4.69) is 4.98 Å². The smallest absolute Gasteiger partial charge is 0.216 e. The maximum atomic E-state index is 8.35. The summed E-state index contributed by atoms with van der Waals surface area (Å²) in [6.45, 7) is -5.75. The first kappa shape index (κ1) is 13.0. The second kappa shape index (κ2) is 7.53. The summed E-state index contributed by atoms with van der Waals surface area (Å²) in [4.78, 5) is 4.55. The number of rotatable bonds is 2. The number of hydrogen-bond acceptors (Lipinski definition) is 2. The van der Waals surface area contributed by atoms with Gasteiger partial charge in [-0.25, -0.2) is 9.55 Å². The van der Waals surface area contributed by atoms with Gasteiger partial charge in [-0.05, 0) is 49.7 Å². The third-order valence-corrected chi connectivity index (χ3v) is 6.40. The summed E-state index contributed by atoms with van der Waals surface area (Å²) in [5.74, 6) is 0. The minimum atomic E-state index is -2.56. The van der Waals surface area contributed by atoms with Crippen LogP contribution in [0.5, 0.6) is 0 Å². The van der Waals surface area contributed by atoms with Crippen LogP contribution >= 0.6 is 0 Å². The molecule has 0 aliphatic carbocycles. The highest BCUT2D eigenvalue weighted by molar-refractivity contribution is 6.16. The molecule has 34 heavy (non-hydrogen) atoms. The second-order valence-electron chi connectivity index (χ2n) is 8.57. The molecular formula is C31H27N2O+. The first-order chi connectivity index (χ1) is 20.1. The normalized spacial score (nSPS) is 16.7. The highest BCUT2D eigenvalue weighted by atomic mass is 16.3. The Kier molecular flexibility index (Phi) is 2.89. The highest BCUT2D eigenvalue weighted by Gasteiger charge is 2.25. The lowest BCUT2D eigenvalue weighted by Crippen LogP contribution is -2.31. The summed E-state index contributed by atoms with van der Waals surface area (Å²) in [6.07, 6.45) is 1.57. The Labute approximate surface area is 212 Å². The lowest BCUT2D eigenvalue weighted by molar-refractivity contribution is -0.660. The van der Waals surface area contributed by atoms with E-state index >= 15 is 0 Å². The number of aryl methyl sites for hydroxylation is 5. The molecular weight excluding hydrogens is 416 g/mol. The van der Waals surface area contributed by atoms with Crippen LogP contribution in [0.25, 0.3) is 55.2 Å². The number of hydrogen-bond donors (Lipinski definition) is 0. The van der Waals surface area contributed by atoms with Crippen molar-refractivity contribution in [2.45, 2.75) is 27.5 Å². The summed E-state index contributed by atoms with van der Waals surface area (Å²) in [5, 5.41) is 1.09.